The van der Waals surface area contributed by atoms with E-state index >= 15 is 0 Å². The first-order valence-electron chi connectivity index (χ1n) is 7.13. The molecule has 0 fully saturated rings. The number of methoxy groups -OCH3 is 1. The van der Waals surface area contributed by atoms with Gasteiger partial charge < -0.3 is 4.74 Å². The number of carbonyl (C=O) groups is 1. The lowest BCUT2D eigenvalue weighted by Crippen LogP contribution is -2.16. The molecular formula is C17H19NO4S. The quantitative estimate of drug-likeness (QED) is 0.872. The van der Waals surface area contributed by atoms with Crippen LogP contribution in [0.3, 0.4) is 0 Å². The zero-order valence-corrected chi connectivity index (χ0v) is 14.1. The SMILES string of the molecule is CCc1cc(-c2ccc(C)cc2)c(S(N)(=O)=O)cc1C(=O)OC. The van der Waals surface area contributed by atoms with Crippen LogP contribution in [-0.4, -0.2) is 21.5 Å². The first-order chi connectivity index (χ1) is 10.8. The molecule has 0 aliphatic rings. The van der Waals surface area contributed by atoms with Gasteiger partial charge in [-0.1, -0.05) is 36.8 Å². The van der Waals surface area contributed by atoms with Crippen LogP contribution >= 0.6 is 0 Å². The van der Waals surface area contributed by atoms with Crippen LogP contribution in [0.25, 0.3) is 11.1 Å². The summed E-state index contributed by atoms with van der Waals surface area (Å²) >= 11 is 0. The molecule has 0 amide bonds. The number of ether oxygens (including phenoxy) is 1. The van der Waals surface area contributed by atoms with Gasteiger partial charge in [-0.25, -0.2) is 18.4 Å². The van der Waals surface area contributed by atoms with Crippen molar-refractivity contribution in [2.45, 2.75) is 25.2 Å². The summed E-state index contributed by atoms with van der Waals surface area (Å²) in [7, 11) is -2.73. The summed E-state index contributed by atoms with van der Waals surface area (Å²) in [6.07, 6.45) is 0.564. The number of rotatable bonds is 4. The molecule has 2 aromatic carbocycles. The summed E-state index contributed by atoms with van der Waals surface area (Å²) in [4.78, 5) is 11.8. The average Bonchev–Trinajstić information content (AvgIpc) is 2.52. The lowest BCUT2D eigenvalue weighted by atomic mass is 9.97. The summed E-state index contributed by atoms with van der Waals surface area (Å²) < 4.78 is 28.7. The van der Waals surface area contributed by atoms with Gasteiger partial charge in [0.1, 0.15) is 0 Å². The van der Waals surface area contributed by atoms with E-state index in [1.165, 1.54) is 13.2 Å². The molecule has 0 aromatic heterocycles. The van der Waals surface area contributed by atoms with E-state index in [0.29, 0.717) is 17.5 Å². The highest BCUT2D eigenvalue weighted by Crippen LogP contribution is 2.31. The Kier molecular flexibility index (Phi) is 4.87. The van der Waals surface area contributed by atoms with Crippen molar-refractivity contribution in [1.29, 1.82) is 0 Å². The minimum Gasteiger partial charge on any atom is -0.465 e. The summed E-state index contributed by atoms with van der Waals surface area (Å²) in [5.41, 5.74) is 3.20. The van der Waals surface area contributed by atoms with Crippen LogP contribution in [0.2, 0.25) is 0 Å². The van der Waals surface area contributed by atoms with Crippen molar-refractivity contribution in [1.82, 2.24) is 0 Å². The Hall–Kier alpha value is -2.18. The van der Waals surface area contributed by atoms with Crippen LogP contribution in [0.15, 0.2) is 41.3 Å². The van der Waals surface area contributed by atoms with Gasteiger partial charge in [0.2, 0.25) is 10.0 Å². The fourth-order valence-electron chi connectivity index (χ4n) is 2.41. The van der Waals surface area contributed by atoms with E-state index < -0.39 is 16.0 Å². The summed E-state index contributed by atoms with van der Waals surface area (Å²) in [6.45, 7) is 3.83. The van der Waals surface area contributed by atoms with Gasteiger partial charge in [-0.3, -0.25) is 0 Å². The fraction of sp³-hybridized carbons (Fsp3) is 0.235. The molecule has 0 aliphatic carbocycles. The van der Waals surface area contributed by atoms with Crippen molar-refractivity contribution in [3.63, 3.8) is 0 Å². The molecule has 2 aromatic rings. The Labute approximate surface area is 136 Å². The molecule has 23 heavy (non-hydrogen) atoms. The predicted octanol–water partition coefficient (Wildman–Crippen LogP) is 2.66. The highest BCUT2D eigenvalue weighted by atomic mass is 32.2. The maximum Gasteiger partial charge on any atom is 0.338 e. The van der Waals surface area contributed by atoms with Crippen LogP contribution < -0.4 is 5.14 Å². The third-order valence-corrected chi connectivity index (χ3v) is 4.61. The number of aryl methyl sites for hydroxylation is 2. The maximum atomic E-state index is 12.0. The predicted molar refractivity (Wildman–Crippen MR) is 88.7 cm³/mol. The van der Waals surface area contributed by atoms with E-state index in [1.807, 2.05) is 38.1 Å². The molecule has 0 radical (unpaired) electrons. The number of hydrogen-bond donors (Lipinski definition) is 1. The molecule has 0 unspecified atom stereocenters. The molecule has 5 nitrogen and oxygen atoms in total. The van der Waals surface area contributed by atoms with E-state index in [-0.39, 0.29) is 10.5 Å². The van der Waals surface area contributed by atoms with Crippen LogP contribution in [-0.2, 0) is 21.2 Å². The van der Waals surface area contributed by atoms with Gasteiger partial charge in [0, 0.05) is 5.56 Å². The Bertz CT molecular complexity index is 840. The standard InChI is InChI=1S/C17H19NO4S/c1-4-12-9-14(13-7-5-11(2)6-8-13)16(23(18,20)21)10-15(12)17(19)22-3/h5-10H,4H2,1-3H3,(H2,18,20,21). The molecular weight excluding hydrogens is 314 g/mol. The number of nitrogens with two attached hydrogens (primary N) is 1. The third kappa shape index (κ3) is 3.60. The van der Waals surface area contributed by atoms with Gasteiger partial charge in [-0.2, -0.15) is 0 Å². The maximum absolute atomic E-state index is 12.0. The second-order valence-electron chi connectivity index (χ2n) is 5.26. The zero-order chi connectivity index (χ0) is 17.2. The Morgan fingerprint density at radius 2 is 1.78 bits per heavy atom. The minimum atomic E-state index is -3.99. The first kappa shape index (κ1) is 17.2. The molecule has 6 heteroatoms. The van der Waals surface area contributed by atoms with Gasteiger partial charge in [0.15, 0.2) is 0 Å². The van der Waals surface area contributed by atoms with Gasteiger partial charge in [-0.15, -0.1) is 0 Å². The monoisotopic (exact) mass is 333 g/mol. The number of esters is 1. The molecule has 0 spiro atoms. The molecule has 0 saturated heterocycles. The number of sulfonamides is 1. The van der Waals surface area contributed by atoms with E-state index in [9.17, 15) is 13.2 Å². The zero-order valence-electron chi connectivity index (χ0n) is 13.3. The Morgan fingerprint density at radius 3 is 2.26 bits per heavy atom. The smallest absolute Gasteiger partial charge is 0.338 e. The molecule has 0 bridgehead atoms. The largest absolute Gasteiger partial charge is 0.465 e. The van der Waals surface area contributed by atoms with Crippen LogP contribution in [0.5, 0.6) is 0 Å². The van der Waals surface area contributed by atoms with Gasteiger partial charge in [0.25, 0.3) is 0 Å². The molecule has 122 valence electrons. The van der Waals surface area contributed by atoms with Crippen molar-refractivity contribution in [2.24, 2.45) is 5.14 Å². The number of hydrogen-bond acceptors (Lipinski definition) is 4. The van der Waals surface area contributed by atoms with Crippen LogP contribution in [0, 0.1) is 6.92 Å². The summed E-state index contributed by atoms with van der Waals surface area (Å²) in [5.74, 6) is -0.581. The number of primary sulfonamides is 1. The van der Waals surface area contributed by atoms with Crippen LogP contribution in [0.4, 0.5) is 0 Å². The van der Waals surface area contributed by atoms with Crippen LogP contribution in [0.1, 0.15) is 28.4 Å². The van der Waals surface area contributed by atoms with Crippen molar-refractivity contribution < 1.29 is 17.9 Å². The number of carbonyl (C=O) groups excluding carboxylic acids is 1. The molecule has 2 rings (SSSR count). The van der Waals surface area contributed by atoms with E-state index in [2.05, 4.69) is 0 Å². The van der Waals surface area contributed by atoms with Crippen molar-refractivity contribution in [2.75, 3.05) is 7.11 Å². The molecule has 0 heterocycles. The molecule has 0 atom stereocenters. The van der Waals surface area contributed by atoms with E-state index in [1.54, 1.807) is 6.07 Å². The first-order valence-corrected chi connectivity index (χ1v) is 8.67. The Morgan fingerprint density at radius 1 is 1.17 bits per heavy atom. The molecule has 2 N–H and O–H groups in total. The highest BCUT2D eigenvalue weighted by Gasteiger charge is 2.21. The molecule has 0 aliphatic heterocycles. The summed E-state index contributed by atoms with van der Waals surface area (Å²) in [5, 5.41) is 5.35. The average molecular weight is 333 g/mol. The minimum absolute atomic E-state index is 0.0843. The van der Waals surface area contributed by atoms with Crippen molar-refractivity contribution in [3.05, 3.63) is 53.1 Å². The van der Waals surface area contributed by atoms with Gasteiger partial charge >= 0.3 is 5.97 Å². The Balaban J connectivity index is 2.79. The van der Waals surface area contributed by atoms with E-state index in [0.717, 1.165) is 11.1 Å². The topological polar surface area (TPSA) is 86.5 Å². The normalized spacial score (nSPS) is 11.3. The van der Waals surface area contributed by atoms with Gasteiger partial charge in [-0.05, 0) is 36.6 Å². The van der Waals surface area contributed by atoms with Crippen molar-refractivity contribution in [3.8, 4) is 11.1 Å². The number of benzene rings is 2. The highest BCUT2D eigenvalue weighted by molar-refractivity contribution is 7.89. The van der Waals surface area contributed by atoms with E-state index in [4.69, 9.17) is 9.88 Å². The lowest BCUT2D eigenvalue weighted by molar-refractivity contribution is 0.0599. The van der Waals surface area contributed by atoms with Gasteiger partial charge in [0.05, 0.1) is 17.6 Å². The van der Waals surface area contributed by atoms with Crippen molar-refractivity contribution >= 4 is 16.0 Å². The summed E-state index contributed by atoms with van der Waals surface area (Å²) in [6, 6.07) is 10.4. The second kappa shape index (κ2) is 6.52. The fourth-order valence-corrected chi connectivity index (χ4v) is 3.18. The third-order valence-electron chi connectivity index (χ3n) is 3.66. The lowest BCUT2D eigenvalue weighted by Gasteiger charge is -2.14. The molecule has 0 saturated carbocycles. The second-order valence-corrected chi connectivity index (χ2v) is 6.79.